The summed E-state index contributed by atoms with van der Waals surface area (Å²) >= 11 is 0. The average molecular weight is 254 g/mol. The highest BCUT2D eigenvalue weighted by molar-refractivity contribution is 5.99. The van der Waals surface area contributed by atoms with E-state index in [1.807, 2.05) is 31.5 Å². The van der Waals surface area contributed by atoms with E-state index in [0.29, 0.717) is 0 Å². The number of hydrogen-bond donors (Lipinski definition) is 1. The molecule has 2 rings (SSSR count). The number of aryl methyl sites for hydroxylation is 2. The van der Waals surface area contributed by atoms with E-state index >= 15 is 0 Å². The van der Waals surface area contributed by atoms with Crippen molar-refractivity contribution in [3.8, 4) is 0 Å². The molecule has 0 unspecified atom stereocenters. The third-order valence-electron chi connectivity index (χ3n) is 3.08. The number of nitrogens with one attached hydrogen (secondary N) is 1. The van der Waals surface area contributed by atoms with Crippen molar-refractivity contribution in [2.45, 2.75) is 27.3 Å². The first-order valence-corrected chi connectivity index (χ1v) is 6.55. The Bertz CT molecular complexity index is 554. The van der Waals surface area contributed by atoms with Crippen molar-refractivity contribution in [3.63, 3.8) is 0 Å². The van der Waals surface area contributed by atoms with Gasteiger partial charge < -0.3 is 0 Å². The van der Waals surface area contributed by atoms with Crippen molar-refractivity contribution >= 4 is 11.4 Å². The minimum atomic E-state index is 0.978. The first-order chi connectivity index (χ1) is 9.19. The third-order valence-corrected chi connectivity index (χ3v) is 3.08. The molecule has 0 bridgehead atoms. The zero-order valence-electron chi connectivity index (χ0n) is 11.7. The number of benzene rings is 1. The molecule has 0 saturated heterocycles. The number of aromatic nitrogens is 1. The van der Waals surface area contributed by atoms with Crippen molar-refractivity contribution < 1.29 is 4.57 Å². The Balaban J connectivity index is 2.06. The maximum Gasteiger partial charge on any atom is 0.170 e. The van der Waals surface area contributed by atoms with Gasteiger partial charge in [0.15, 0.2) is 12.4 Å². The number of hydrazone groups is 1. The van der Waals surface area contributed by atoms with E-state index in [9.17, 15) is 0 Å². The summed E-state index contributed by atoms with van der Waals surface area (Å²) in [6, 6.07) is 12.4. The van der Waals surface area contributed by atoms with E-state index < -0.39 is 0 Å². The van der Waals surface area contributed by atoms with E-state index in [0.717, 1.165) is 23.5 Å². The van der Waals surface area contributed by atoms with Crippen LogP contribution in [0.5, 0.6) is 0 Å². The van der Waals surface area contributed by atoms with Gasteiger partial charge in [0.2, 0.25) is 0 Å². The van der Waals surface area contributed by atoms with Crippen LogP contribution >= 0.6 is 0 Å². The highest BCUT2D eigenvalue weighted by Gasteiger charge is 1.99. The van der Waals surface area contributed by atoms with Gasteiger partial charge in [-0.2, -0.15) is 5.10 Å². The van der Waals surface area contributed by atoms with Gasteiger partial charge >= 0.3 is 0 Å². The molecule has 3 heteroatoms. The lowest BCUT2D eigenvalue weighted by Gasteiger charge is -2.03. The molecule has 0 aliphatic rings. The van der Waals surface area contributed by atoms with Gasteiger partial charge in [0.25, 0.3) is 0 Å². The maximum absolute atomic E-state index is 4.41. The molecular weight excluding hydrogens is 234 g/mol. The number of nitrogens with zero attached hydrogens (tertiary/aromatic N) is 2. The average Bonchev–Trinajstić information content (AvgIpc) is 2.46. The Morgan fingerprint density at radius 3 is 2.32 bits per heavy atom. The lowest BCUT2D eigenvalue weighted by Crippen LogP contribution is -2.30. The number of rotatable bonds is 4. The molecule has 1 heterocycles. The van der Waals surface area contributed by atoms with Gasteiger partial charge in [-0.15, -0.1) is 0 Å². The Kier molecular flexibility index (Phi) is 4.29. The second-order valence-corrected chi connectivity index (χ2v) is 4.59. The molecular formula is C16H20N3+. The fourth-order valence-corrected chi connectivity index (χ4v) is 1.75. The molecule has 2 aromatic rings. The molecule has 0 amide bonds. The van der Waals surface area contributed by atoms with Crippen LogP contribution in [-0.4, -0.2) is 5.71 Å². The van der Waals surface area contributed by atoms with Gasteiger partial charge in [-0.1, -0.05) is 29.8 Å². The minimum Gasteiger partial charge on any atom is -0.278 e. The molecule has 0 fully saturated rings. The lowest BCUT2D eigenvalue weighted by molar-refractivity contribution is -0.693. The molecule has 19 heavy (non-hydrogen) atoms. The molecule has 0 radical (unpaired) electrons. The minimum absolute atomic E-state index is 0.978. The van der Waals surface area contributed by atoms with Crippen molar-refractivity contribution in [1.82, 2.24) is 0 Å². The molecule has 3 nitrogen and oxygen atoms in total. The van der Waals surface area contributed by atoms with E-state index in [-0.39, 0.29) is 0 Å². The monoisotopic (exact) mass is 254 g/mol. The molecule has 98 valence electrons. The van der Waals surface area contributed by atoms with E-state index in [1.165, 1.54) is 5.56 Å². The van der Waals surface area contributed by atoms with Crippen LogP contribution in [0.2, 0.25) is 0 Å². The topological polar surface area (TPSA) is 28.3 Å². The molecule has 1 aromatic heterocycles. The van der Waals surface area contributed by atoms with Crippen molar-refractivity contribution in [2.24, 2.45) is 5.10 Å². The smallest absolute Gasteiger partial charge is 0.170 e. The van der Waals surface area contributed by atoms with Crippen LogP contribution in [0.25, 0.3) is 0 Å². The Morgan fingerprint density at radius 2 is 1.74 bits per heavy atom. The molecule has 0 saturated carbocycles. The standard InChI is InChI=1S/C16H19N3/c1-4-19-11-9-16(10-12-19)18-17-14(3)15-7-5-13(2)6-8-15/h5-12H,4H2,1-3H3/p+1/b17-14+. The van der Waals surface area contributed by atoms with E-state index in [4.69, 9.17) is 0 Å². The van der Waals surface area contributed by atoms with Gasteiger partial charge in [0.1, 0.15) is 6.54 Å². The first-order valence-electron chi connectivity index (χ1n) is 6.55. The summed E-state index contributed by atoms with van der Waals surface area (Å²) in [5.41, 5.74) is 7.46. The molecule has 1 N–H and O–H groups in total. The normalized spacial score (nSPS) is 11.4. The largest absolute Gasteiger partial charge is 0.278 e. The third kappa shape index (κ3) is 3.65. The number of hydrogen-bond acceptors (Lipinski definition) is 2. The van der Waals surface area contributed by atoms with Gasteiger partial charge in [-0.25, -0.2) is 4.57 Å². The van der Waals surface area contributed by atoms with E-state index in [1.54, 1.807) is 0 Å². The summed E-state index contributed by atoms with van der Waals surface area (Å²) in [5, 5.41) is 4.41. The van der Waals surface area contributed by atoms with Crippen LogP contribution in [0.15, 0.2) is 53.9 Å². The summed E-state index contributed by atoms with van der Waals surface area (Å²) in [6.07, 6.45) is 4.08. The van der Waals surface area contributed by atoms with Crippen LogP contribution in [0.3, 0.4) is 0 Å². The predicted octanol–water partition coefficient (Wildman–Crippen LogP) is 3.14. The summed E-state index contributed by atoms with van der Waals surface area (Å²) in [4.78, 5) is 0. The van der Waals surface area contributed by atoms with Crippen molar-refractivity contribution in [3.05, 3.63) is 59.9 Å². The highest BCUT2D eigenvalue weighted by atomic mass is 15.3. The van der Waals surface area contributed by atoms with Gasteiger partial charge in [0.05, 0.1) is 11.4 Å². The van der Waals surface area contributed by atoms with Crippen molar-refractivity contribution in [2.75, 3.05) is 5.43 Å². The van der Waals surface area contributed by atoms with Gasteiger partial charge in [0, 0.05) is 12.1 Å². The predicted molar refractivity (Wildman–Crippen MR) is 79.3 cm³/mol. The fraction of sp³-hybridized carbons (Fsp3) is 0.250. The quantitative estimate of drug-likeness (QED) is 0.507. The summed E-state index contributed by atoms with van der Waals surface area (Å²) < 4.78 is 2.11. The van der Waals surface area contributed by atoms with Gasteiger partial charge in [-0.3, -0.25) is 5.43 Å². The van der Waals surface area contributed by atoms with Crippen LogP contribution in [-0.2, 0) is 6.54 Å². The number of pyridine rings is 1. The molecule has 0 aliphatic carbocycles. The zero-order chi connectivity index (χ0) is 13.7. The van der Waals surface area contributed by atoms with Gasteiger partial charge in [-0.05, 0) is 26.3 Å². The SMILES string of the molecule is CC[n+]1ccc(N/N=C(\C)c2ccc(C)cc2)cc1. The highest BCUT2D eigenvalue weighted by Crippen LogP contribution is 2.07. The maximum atomic E-state index is 4.41. The van der Waals surface area contributed by atoms with Crippen molar-refractivity contribution in [1.29, 1.82) is 0 Å². The Labute approximate surface area is 114 Å². The summed E-state index contributed by atoms with van der Waals surface area (Å²) in [6.45, 7) is 7.19. The molecule has 1 aromatic carbocycles. The Hall–Kier alpha value is -2.16. The second kappa shape index (κ2) is 6.14. The summed E-state index contributed by atoms with van der Waals surface area (Å²) in [7, 11) is 0. The Morgan fingerprint density at radius 1 is 1.11 bits per heavy atom. The molecule has 0 aliphatic heterocycles. The lowest BCUT2D eigenvalue weighted by atomic mass is 10.1. The van der Waals surface area contributed by atoms with Crippen LogP contribution in [0.4, 0.5) is 5.69 Å². The van der Waals surface area contributed by atoms with E-state index in [2.05, 4.69) is 53.2 Å². The van der Waals surface area contributed by atoms with Crippen LogP contribution in [0, 0.1) is 6.92 Å². The fourth-order valence-electron chi connectivity index (χ4n) is 1.75. The second-order valence-electron chi connectivity index (χ2n) is 4.59. The zero-order valence-corrected chi connectivity index (χ0v) is 11.7. The van der Waals surface area contributed by atoms with Crippen LogP contribution < -0.4 is 9.99 Å². The van der Waals surface area contributed by atoms with Crippen LogP contribution in [0.1, 0.15) is 25.0 Å². The summed E-state index contributed by atoms with van der Waals surface area (Å²) in [5.74, 6) is 0. The first kappa shape index (κ1) is 13.3. The molecule has 0 spiro atoms. The molecule has 0 atom stereocenters. The number of anilines is 1.